The highest BCUT2D eigenvalue weighted by Crippen LogP contribution is 2.22. The summed E-state index contributed by atoms with van der Waals surface area (Å²) in [6, 6.07) is 7.75. The Labute approximate surface area is 149 Å². The molecule has 1 aromatic carbocycles. The first-order chi connectivity index (χ1) is 11.2. The van der Waals surface area contributed by atoms with Crippen molar-refractivity contribution in [3.8, 4) is 5.75 Å². The minimum Gasteiger partial charge on any atom is -0.377 e. The zero-order valence-electron chi connectivity index (χ0n) is 14.5. The molecule has 6 heteroatoms. The molecule has 24 heavy (non-hydrogen) atoms. The Kier molecular flexibility index (Phi) is 8.65. The van der Waals surface area contributed by atoms with Crippen molar-refractivity contribution >= 4 is 29.2 Å². The van der Waals surface area contributed by atoms with E-state index in [2.05, 4.69) is 11.9 Å². The molecule has 0 bridgehead atoms. The van der Waals surface area contributed by atoms with Gasteiger partial charge in [-0.15, -0.1) is 12.4 Å². The number of hydroxylamine groups is 2. The van der Waals surface area contributed by atoms with E-state index in [0.717, 1.165) is 30.2 Å². The number of hydrogen-bond acceptors (Lipinski definition) is 3. The van der Waals surface area contributed by atoms with Crippen molar-refractivity contribution in [3.63, 3.8) is 0 Å². The van der Waals surface area contributed by atoms with Gasteiger partial charge in [0.05, 0.1) is 6.54 Å². The summed E-state index contributed by atoms with van der Waals surface area (Å²) in [7, 11) is 0. The molecule has 1 heterocycles. The smallest absolute Gasteiger partial charge is 0.255 e. The Morgan fingerprint density at radius 1 is 1.29 bits per heavy atom. The predicted octanol–water partition coefficient (Wildman–Crippen LogP) is 3.89. The fraction of sp³-hybridized carbons (Fsp3) is 0.500. The third-order valence-corrected chi connectivity index (χ3v) is 4.04. The van der Waals surface area contributed by atoms with Gasteiger partial charge in [0.2, 0.25) is 0 Å². The molecular formula is C18H28ClN3O2. The molecule has 0 aliphatic carbocycles. The molecule has 0 radical (unpaired) electrons. The number of halogens is 1. The number of nitrogens with one attached hydrogen (secondary N) is 1. The number of nitrogens with two attached hydrogens (primary N) is 1. The highest BCUT2D eigenvalue weighted by molar-refractivity contribution is 5.85. The number of fused-ring (bicyclic) bond motifs is 1. The van der Waals surface area contributed by atoms with Crippen molar-refractivity contribution in [1.29, 1.82) is 0 Å². The number of aromatic nitrogens is 1. The van der Waals surface area contributed by atoms with Gasteiger partial charge >= 0.3 is 0 Å². The van der Waals surface area contributed by atoms with Gasteiger partial charge in [-0.2, -0.15) is 5.06 Å². The van der Waals surface area contributed by atoms with Crippen LogP contribution in [0.25, 0.3) is 10.9 Å². The number of hydrogen-bond donors (Lipinski definition) is 2. The van der Waals surface area contributed by atoms with Crippen LogP contribution in [0.5, 0.6) is 5.75 Å². The van der Waals surface area contributed by atoms with E-state index in [1.807, 2.05) is 37.4 Å². The second-order valence-corrected chi connectivity index (χ2v) is 5.84. The molecule has 2 rings (SSSR count). The van der Waals surface area contributed by atoms with Crippen LogP contribution in [0.4, 0.5) is 0 Å². The van der Waals surface area contributed by atoms with Crippen molar-refractivity contribution in [3.05, 3.63) is 30.5 Å². The van der Waals surface area contributed by atoms with Gasteiger partial charge in [-0.1, -0.05) is 19.8 Å². The maximum absolute atomic E-state index is 12.5. The van der Waals surface area contributed by atoms with Gasteiger partial charge in [-0.3, -0.25) is 4.79 Å². The Bertz CT molecular complexity index is 624. The van der Waals surface area contributed by atoms with Gasteiger partial charge in [0, 0.05) is 23.5 Å². The highest BCUT2D eigenvalue weighted by Gasteiger charge is 2.19. The highest BCUT2D eigenvalue weighted by atomic mass is 35.5. The Hall–Kier alpha value is -1.72. The first-order valence-electron chi connectivity index (χ1n) is 8.43. The summed E-state index contributed by atoms with van der Waals surface area (Å²) in [4.78, 5) is 21.4. The van der Waals surface area contributed by atoms with E-state index in [4.69, 9.17) is 10.6 Å². The number of rotatable bonds is 9. The van der Waals surface area contributed by atoms with Crippen LogP contribution >= 0.6 is 12.4 Å². The van der Waals surface area contributed by atoms with E-state index in [1.165, 1.54) is 5.06 Å². The van der Waals surface area contributed by atoms with Crippen LogP contribution in [0.3, 0.4) is 0 Å². The summed E-state index contributed by atoms with van der Waals surface area (Å²) in [6.07, 6.45) is 5.35. The summed E-state index contributed by atoms with van der Waals surface area (Å²) < 4.78 is 0. The molecule has 0 saturated heterocycles. The summed E-state index contributed by atoms with van der Waals surface area (Å²) in [6.45, 7) is 5.19. The van der Waals surface area contributed by atoms with Crippen LogP contribution in [0.2, 0.25) is 0 Å². The average Bonchev–Trinajstić information content (AvgIpc) is 3.00. The lowest BCUT2D eigenvalue weighted by atomic mass is 9.96. The minimum absolute atomic E-state index is 0. The zero-order valence-corrected chi connectivity index (χ0v) is 15.3. The van der Waals surface area contributed by atoms with Gasteiger partial charge < -0.3 is 15.6 Å². The van der Waals surface area contributed by atoms with Crippen LogP contribution in [-0.4, -0.2) is 29.0 Å². The number of amides is 1. The predicted molar refractivity (Wildman–Crippen MR) is 100 cm³/mol. The number of aromatic amines is 1. The molecule has 0 saturated carbocycles. The van der Waals surface area contributed by atoms with Crippen molar-refractivity contribution in [2.75, 3.05) is 13.1 Å². The quantitative estimate of drug-likeness (QED) is 0.672. The van der Waals surface area contributed by atoms with Crippen molar-refractivity contribution < 1.29 is 9.63 Å². The summed E-state index contributed by atoms with van der Waals surface area (Å²) >= 11 is 0. The van der Waals surface area contributed by atoms with Crippen molar-refractivity contribution in [1.82, 2.24) is 10.0 Å². The lowest BCUT2D eigenvalue weighted by Crippen LogP contribution is -2.35. The molecule has 1 amide bonds. The first kappa shape index (κ1) is 20.3. The molecule has 134 valence electrons. The van der Waals surface area contributed by atoms with Crippen LogP contribution in [0.1, 0.15) is 39.5 Å². The third-order valence-electron chi connectivity index (χ3n) is 4.04. The van der Waals surface area contributed by atoms with Gasteiger partial charge in [-0.25, -0.2) is 0 Å². The Morgan fingerprint density at radius 2 is 2.08 bits per heavy atom. The number of nitrogens with zero attached hydrogens (tertiary/aromatic N) is 1. The first-order valence-corrected chi connectivity index (χ1v) is 8.43. The molecule has 0 spiro atoms. The molecular weight excluding hydrogens is 326 g/mol. The molecule has 5 nitrogen and oxygen atoms in total. The fourth-order valence-electron chi connectivity index (χ4n) is 2.85. The lowest BCUT2D eigenvalue weighted by Gasteiger charge is -2.23. The van der Waals surface area contributed by atoms with Crippen LogP contribution in [-0.2, 0) is 4.79 Å². The molecule has 1 aromatic heterocycles. The van der Waals surface area contributed by atoms with E-state index in [0.29, 0.717) is 31.2 Å². The molecule has 1 unspecified atom stereocenters. The van der Waals surface area contributed by atoms with Crippen molar-refractivity contribution in [2.24, 2.45) is 11.7 Å². The lowest BCUT2D eigenvalue weighted by molar-refractivity contribution is -0.157. The van der Waals surface area contributed by atoms with Crippen LogP contribution in [0.15, 0.2) is 30.5 Å². The Balaban J connectivity index is 0.00000288. The monoisotopic (exact) mass is 353 g/mol. The maximum atomic E-state index is 12.5. The van der Waals surface area contributed by atoms with E-state index >= 15 is 0 Å². The van der Waals surface area contributed by atoms with Gasteiger partial charge in [0.1, 0.15) is 0 Å². The maximum Gasteiger partial charge on any atom is 0.255 e. The number of carbonyl (C=O) groups excluding carboxylic acids is 1. The number of carbonyl (C=O) groups is 1. The van der Waals surface area contributed by atoms with Gasteiger partial charge in [0.25, 0.3) is 5.91 Å². The van der Waals surface area contributed by atoms with E-state index in [9.17, 15) is 4.79 Å². The molecule has 3 N–H and O–H groups in total. The standard InChI is InChI=1S/C18H27N3O2.ClH/c1-3-5-14(8-10-19)12-18(22)21(4-2)23-16-6-7-17-15(13-16)9-11-20-17;/h6-7,9,11,13-14,20H,3-5,8,10,12,19H2,1-2H3;1H. The van der Waals surface area contributed by atoms with E-state index in [1.54, 1.807) is 0 Å². The van der Waals surface area contributed by atoms with E-state index < -0.39 is 0 Å². The molecule has 1 atom stereocenters. The number of H-pyrrole nitrogens is 1. The van der Waals surface area contributed by atoms with Gasteiger partial charge in [-0.05, 0) is 50.1 Å². The summed E-state index contributed by atoms with van der Waals surface area (Å²) in [5.74, 6) is 1.04. The SMILES string of the molecule is CCCC(CCN)CC(=O)N(CC)Oc1ccc2[nH]ccc2c1.Cl. The average molecular weight is 354 g/mol. The molecule has 0 aliphatic rings. The zero-order chi connectivity index (χ0) is 16.7. The van der Waals surface area contributed by atoms with E-state index in [-0.39, 0.29) is 18.3 Å². The topological polar surface area (TPSA) is 71.3 Å². The van der Waals surface area contributed by atoms with Crippen LogP contribution in [0, 0.1) is 5.92 Å². The second kappa shape index (κ2) is 10.2. The molecule has 2 aromatic rings. The normalized spacial score (nSPS) is 11.8. The largest absolute Gasteiger partial charge is 0.377 e. The second-order valence-electron chi connectivity index (χ2n) is 5.84. The number of benzene rings is 1. The molecule has 0 fully saturated rings. The van der Waals surface area contributed by atoms with Crippen LogP contribution < -0.4 is 10.6 Å². The minimum atomic E-state index is 0. The molecule has 0 aliphatic heterocycles. The van der Waals surface area contributed by atoms with Gasteiger partial charge in [0.15, 0.2) is 5.75 Å². The van der Waals surface area contributed by atoms with Crippen molar-refractivity contribution in [2.45, 2.75) is 39.5 Å². The third kappa shape index (κ3) is 5.42. The summed E-state index contributed by atoms with van der Waals surface area (Å²) in [5, 5.41) is 2.52. The Morgan fingerprint density at radius 3 is 2.75 bits per heavy atom. The summed E-state index contributed by atoms with van der Waals surface area (Å²) in [5.41, 5.74) is 6.70. The fourth-order valence-corrected chi connectivity index (χ4v) is 2.85.